The second-order valence-corrected chi connectivity index (χ2v) is 10.7. The highest BCUT2D eigenvalue weighted by Gasteiger charge is 2.27. The zero-order valence-corrected chi connectivity index (χ0v) is 22.8. The predicted octanol–water partition coefficient (Wildman–Crippen LogP) is 6.59. The number of hydrogen-bond acceptors (Lipinski definition) is 4. The Labute approximate surface area is 236 Å². The van der Waals surface area contributed by atoms with E-state index in [1.165, 1.54) is 12.0 Å². The van der Waals surface area contributed by atoms with Crippen LogP contribution in [0.25, 0.3) is 11.1 Å². The Hall–Kier alpha value is -4.03. The Bertz CT molecular complexity index is 1400. The van der Waals surface area contributed by atoms with E-state index in [0.717, 1.165) is 66.6 Å². The molecule has 206 valence electrons. The molecule has 2 fully saturated rings. The van der Waals surface area contributed by atoms with Crippen LogP contribution >= 0.6 is 0 Å². The first-order valence-electron chi connectivity index (χ1n) is 14.2. The van der Waals surface area contributed by atoms with Gasteiger partial charge in [-0.3, -0.25) is 10.2 Å². The Kier molecular flexibility index (Phi) is 8.87. The molecule has 1 aliphatic heterocycles. The van der Waals surface area contributed by atoms with E-state index in [-0.39, 0.29) is 17.2 Å². The molecule has 3 aromatic rings. The second-order valence-electron chi connectivity index (χ2n) is 10.7. The van der Waals surface area contributed by atoms with E-state index in [4.69, 9.17) is 11.1 Å². The van der Waals surface area contributed by atoms with E-state index in [1.54, 1.807) is 18.2 Å². The van der Waals surface area contributed by atoms with Crippen molar-refractivity contribution in [3.8, 4) is 0 Å². The molecule has 0 aromatic heterocycles. The van der Waals surface area contributed by atoms with Gasteiger partial charge in [-0.2, -0.15) is 4.39 Å². The van der Waals surface area contributed by atoms with Gasteiger partial charge in [0.2, 0.25) is 11.9 Å². The lowest BCUT2D eigenvalue weighted by atomic mass is 9.73. The van der Waals surface area contributed by atoms with E-state index >= 15 is 0 Å². The molecule has 1 saturated carbocycles. The first kappa shape index (κ1) is 27.5. The first-order valence-corrected chi connectivity index (χ1v) is 14.2. The number of carbonyl (C=O) groups excluding carboxylic acids is 1. The Morgan fingerprint density at radius 2 is 1.65 bits per heavy atom. The largest absolute Gasteiger partial charge is 0.398 e. The van der Waals surface area contributed by atoms with Crippen LogP contribution in [-0.2, 0) is 11.3 Å². The van der Waals surface area contributed by atoms with E-state index in [9.17, 15) is 9.18 Å². The van der Waals surface area contributed by atoms with Crippen LogP contribution in [0.5, 0.6) is 0 Å². The maximum Gasteiger partial charge on any atom is 0.246 e. The van der Waals surface area contributed by atoms with Crippen LogP contribution in [0, 0.1) is 11.3 Å². The van der Waals surface area contributed by atoms with Gasteiger partial charge in [0.15, 0.2) is 0 Å². The Balaban J connectivity index is 1.41. The third-order valence-corrected chi connectivity index (χ3v) is 7.96. The van der Waals surface area contributed by atoms with Gasteiger partial charge in [0.25, 0.3) is 0 Å². The number of nitrogens with zero attached hydrogens (tertiary/aromatic N) is 1. The van der Waals surface area contributed by atoms with Gasteiger partial charge in [-0.25, -0.2) is 0 Å². The van der Waals surface area contributed by atoms with E-state index in [1.807, 2.05) is 23.1 Å². The van der Waals surface area contributed by atoms with Crippen LogP contribution in [-0.4, -0.2) is 36.4 Å². The van der Waals surface area contributed by atoms with Crippen molar-refractivity contribution in [3.05, 3.63) is 113 Å². The summed E-state index contributed by atoms with van der Waals surface area (Å²) in [5, 5.41) is 11.0. The number of hydrogen-bond donors (Lipinski definition) is 3. The highest BCUT2D eigenvalue weighted by molar-refractivity contribution is 6.03. The monoisotopic (exact) mass is 536 g/mol. The average molecular weight is 537 g/mol. The van der Waals surface area contributed by atoms with Gasteiger partial charge in [-0.05, 0) is 77.1 Å². The molecule has 5 nitrogen and oxygen atoms in total. The molecule has 0 spiro atoms. The lowest BCUT2D eigenvalue weighted by Crippen LogP contribution is -2.25. The zero-order chi connectivity index (χ0) is 27.9. The van der Waals surface area contributed by atoms with Gasteiger partial charge in [0.05, 0.1) is 5.56 Å². The number of nitrogens with one attached hydrogen (secondary N) is 2. The van der Waals surface area contributed by atoms with Crippen LogP contribution in [0.15, 0.2) is 84.9 Å². The van der Waals surface area contributed by atoms with Crippen molar-refractivity contribution in [2.75, 3.05) is 25.4 Å². The number of anilines is 1. The molecule has 1 aliphatic carbocycles. The molecule has 1 heterocycles. The maximum atomic E-state index is 14.1. The molecule has 40 heavy (non-hydrogen) atoms. The molecule has 3 aromatic carbocycles. The van der Waals surface area contributed by atoms with Gasteiger partial charge in [0.1, 0.15) is 0 Å². The van der Waals surface area contributed by atoms with Crippen molar-refractivity contribution in [1.82, 2.24) is 10.2 Å². The molecule has 0 bridgehead atoms. The van der Waals surface area contributed by atoms with Crippen LogP contribution < -0.4 is 11.1 Å². The van der Waals surface area contributed by atoms with Gasteiger partial charge in [-0.15, -0.1) is 0 Å². The molecule has 0 radical (unpaired) electrons. The minimum absolute atomic E-state index is 0.0948. The summed E-state index contributed by atoms with van der Waals surface area (Å²) in [6.45, 7) is 3.02. The van der Waals surface area contributed by atoms with Crippen molar-refractivity contribution >= 4 is 28.7 Å². The number of amides is 1. The molecule has 5 rings (SSSR count). The topological polar surface area (TPSA) is 82.2 Å². The number of halogens is 1. The molecule has 4 N–H and O–H groups in total. The number of nitrogen functional groups attached to an aromatic ring is 1. The summed E-state index contributed by atoms with van der Waals surface area (Å²) >= 11 is 0. The van der Waals surface area contributed by atoms with Gasteiger partial charge < -0.3 is 16.0 Å². The normalized spacial score (nSPS) is 16.2. The highest BCUT2D eigenvalue weighted by Crippen LogP contribution is 2.45. The SMILES string of the molecule is N=C(F)c1cc(/C(=C(/c2ccccc2)C2CCC2)c2ccc(CNC/C=C/C(=O)N3CCCC3)cc2)ccc1N. The minimum Gasteiger partial charge on any atom is -0.398 e. The zero-order valence-electron chi connectivity index (χ0n) is 22.8. The van der Waals surface area contributed by atoms with Crippen molar-refractivity contribution in [1.29, 1.82) is 5.41 Å². The second kappa shape index (κ2) is 12.9. The van der Waals surface area contributed by atoms with E-state index in [0.29, 0.717) is 19.0 Å². The van der Waals surface area contributed by atoms with Crippen LogP contribution in [0.3, 0.4) is 0 Å². The lowest BCUT2D eigenvalue weighted by Gasteiger charge is -2.32. The molecular weight excluding hydrogens is 499 g/mol. The molecule has 2 aliphatic rings. The molecule has 1 saturated heterocycles. The van der Waals surface area contributed by atoms with Crippen LogP contribution in [0.4, 0.5) is 10.1 Å². The quantitative estimate of drug-likeness (QED) is 0.0899. The minimum atomic E-state index is -1.03. The highest BCUT2D eigenvalue weighted by atomic mass is 19.1. The molecule has 0 atom stereocenters. The summed E-state index contributed by atoms with van der Waals surface area (Å²) in [7, 11) is 0. The van der Waals surface area contributed by atoms with Crippen molar-refractivity contribution in [2.24, 2.45) is 5.92 Å². The number of rotatable bonds is 10. The number of allylic oxidation sites excluding steroid dienone is 1. The van der Waals surface area contributed by atoms with E-state index in [2.05, 4.69) is 53.8 Å². The number of likely N-dealkylation sites (tertiary alicyclic amines) is 1. The van der Waals surface area contributed by atoms with Gasteiger partial charge in [-0.1, -0.05) is 73.2 Å². The molecule has 1 amide bonds. The van der Waals surface area contributed by atoms with Crippen molar-refractivity contribution < 1.29 is 9.18 Å². The third-order valence-electron chi connectivity index (χ3n) is 7.96. The van der Waals surface area contributed by atoms with Crippen LogP contribution in [0.1, 0.15) is 59.9 Å². The average Bonchev–Trinajstić information content (AvgIpc) is 3.49. The summed E-state index contributed by atoms with van der Waals surface area (Å²) in [5.41, 5.74) is 12.9. The summed E-state index contributed by atoms with van der Waals surface area (Å²) in [6, 6.07) is 24.2. The molecule has 6 heteroatoms. The number of nitrogens with two attached hydrogens (primary N) is 1. The number of benzene rings is 3. The fraction of sp³-hybridized carbons (Fsp3) is 0.294. The Morgan fingerprint density at radius 3 is 2.30 bits per heavy atom. The fourth-order valence-corrected chi connectivity index (χ4v) is 5.57. The van der Waals surface area contributed by atoms with E-state index < -0.39 is 5.97 Å². The summed E-state index contributed by atoms with van der Waals surface area (Å²) < 4.78 is 14.1. The standard InChI is InChI=1S/C34H37FN4O/c35-34(37)29-22-28(17-18-30(29)36)33(32(26-10-6-11-26)25-8-2-1-3-9-25)27-15-13-24(14-16-27)23-38-19-7-12-31(40)39-20-4-5-21-39/h1-3,7-9,12-18,22,26,37-38H,4-6,10-11,19-21,23,36H2/b12-7+,33-32-,37-34?. The lowest BCUT2D eigenvalue weighted by molar-refractivity contribution is -0.125. The Morgan fingerprint density at radius 1 is 0.950 bits per heavy atom. The predicted molar refractivity (Wildman–Crippen MR) is 162 cm³/mol. The van der Waals surface area contributed by atoms with Gasteiger partial charge in [0, 0.05) is 37.9 Å². The molecule has 0 unspecified atom stereocenters. The summed E-state index contributed by atoms with van der Waals surface area (Å²) in [6.07, 6.45) is 9.17. The summed E-state index contributed by atoms with van der Waals surface area (Å²) in [5.74, 6) is -0.516. The van der Waals surface area contributed by atoms with Crippen molar-refractivity contribution in [3.63, 3.8) is 0 Å². The summed E-state index contributed by atoms with van der Waals surface area (Å²) in [4.78, 5) is 14.1. The third kappa shape index (κ3) is 6.40. The fourth-order valence-electron chi connectivity index (χ4n) is 5.57. The smallest absolute Gasteiger partial charge is 0.246 e. The molecular formula is C34H37FN4O. The van der Waals surface area contributed by atoms with Crippen molar-refractivity contribution in [2.45, 2.75) is 38.6 Å². The maximum absolute atomic E-state index is 14.1. The van der Waals surface area contributed by atoms with Crippen LogP contribution in [0.2, 0.25) is 0 Å². The first-order chi connectivity index (χ1) is 19.5. The number of carbonyl (C=O) groups is 1. The van der Waals surface area contributed by atoms with Gasteiger partial charge >= 0.3 is 0 Å².